The summed E-state index contributed by atoms with van der Waals surface area (Å²) in [7, 11) is 0. The SMILES string of the molecule is O=Cc1cc(O)c2c(c1O)C(=O)c1ccccc1C2=O. The molecule has 0 heterocycles. The molecular formula is C15H8O5. The number of hydrogen-bond donors (Lipinski definition) is 2. The molecule has 0 spiro atoms. The quantitative estimate of drug-likeness (QED) is 0.517. The second kappa shape index (κ2) is 4.03. The van der Waals surface area contributed by atoms with Crippen molar-refractivity contribution in [3.63, 3.8) is 0 Å². The summed E-state index contributed by atoms with van der Waals surface area (Å²) in [5, 5.41) is 19.8. The van der Waals surface area contributed by atoms with Gasteiger partial charge in [-0.1, -0.05) is 24.3 Å². The molecule has 1 aliphatic carbocycles. The first-order valence-corrected chi connectivity index (χ1v) is 5.78. The minimum Gasteiger partial charge on any atom is -0.507 e. The highest BCUT2D eigenvalue weighted by Crippen LogP contribution is 2.39. The van der Waals surface area contributed by atoms with Crippen LogP contribution >= 0.6 is 0 Å². The lowest BCUT2D eigenvalue weighted by atomic mass is 9.82. The lowest BCUT2D eigenvalue weighted by Crippen LogP contribution is -2.21. The fourth-order valence-electron chi connectivity index (χ4n) is 2.37. The minimum absolute atomic E-state index is 0.141. The topological polar surface area (TPSA) is 91.7 Å². The van der Waals surface area contributed by atoms with Crippen LogP contribution in [0.4, 0.5) is 0 Å². The highest BCUT2D eigenvalue weighted by atomic mass is 16.3. The molecule has 0 atom stereocenters. The van der Waals surface area contributed by atoms with Crippen molar-refractivity contribution in [1.82, 2.24) is 0 Å². The van der Waals surface area contributed by atoms with Crippen LogP contribution in [0.5, 0.6) is 11.5 Å². The van der Waals surface area contributed by atoms with E-state index in [1.165, 1.54) is 12.1 Å². The number of aromatic hydroxyl groups is 2. The van der Waals surface area contributed by atoms with E-state index in [4.69, 9.17) is 0 Å². The Kier molecular flexibility index (Phi) is 2.44. The van der Waals surface area contributed by atoms with Gasteiger partial charge in [-0.3, -0.25) is 14.4 Å². The van der Waals surface area contributed by atoms with Gasteiger partial charge in [0.1, 0.15) is 11.5 Å². The number of carbonyl (C=O) groups is 3. The molecule has 5 heteroatoms. The number of hydrogen-bond acceptors (Lipinski definition) is 5. The van der Waals surface area contributed by atoms with Crippen molar-refractivity contribution in [2.24, 2.45) is 0 Å². The fraction of sp³-hybridized carbons (Fsp3) is 0. The summed E-state index contributed by atoms with van der Waals surface area (Å²) >= 11 is 0. The molecule has 98 valence electrons. The molecule has 0 amide bonds. The molecule has 0 radical (unpaired) electrons. The van der Waals surface area contributed by atoms with Crippen molar-refractivity contribution in [3.8, 4) is 11.5 Å². The molecule has 2 aromatic rings. The molecule has 0 saturated heterocycles. The highest BCUT2D eigenvalue weighted by molar-refractivity contribution is 6.30. The first-order valence-electron chi connectivity index (χ1n) is 5.78. The predicted molar refractivity (Wildman–Crippen MR) is 68.5 cm³/mol. The Morgan fingerprint density at radius 3 is 2.00 bits per heavy atom. The van der Waals surface area contributed by atoms with Gasteiger partial charge in [0.25, 0.3) is 0 Å². The largest absolute Gasteiger partial charge is 0.507 e. The average Bonchev–Trinajstić information content (AvgIpc) is 2.46. The number of phenols is 2. The second-order valence-corrected chi connectivity index (χ2v) is 4.41. The van der Waals surface area contributed by atoms with Crippen molar-refractivity contribution < 1.29 is 24.6 Å². The Morgan fingerprint density at radius 2 is 1.45 bits per heavy atom. The van der Waals surface area contributed by atoms with Crippen LogP contribution in [0.1, 0.15) is 42.2 Å². The van der Waals surface area contributed by atoms with Gasteiger partial charge in [0.2, 0.25) is 0 Å². The smallest absolute Gasteiger partial charge is 0.198 e. The zero-order chi connectivity index (χ0) is 14.4. The third-order valence-electron chi connectivity index (χ3n) is 3.31. The summed E-state index contributed by atoms with van der Waals surface area (Å²) in [5.74, 6) is -2.22. The van der Waals surface area contributed by atoms with Gasteiger partial charge in [0.15, 0.2) is 17.9 Å². The van der Waals surface area contributed by atoms with Crippen molar-refractivity contribution in [2.45, 2.75) is 0 Å². The summed E-state index contributed by atoms with van der Waals surface area (Å²) in [6.07, 6.45) is 0.313. The maximum Gasteiger partial charge on any atom is 0.198 e. The van der Waals surface area contributed by atoms with Crippen LogP contribution in [0, 0.1) is 0 Å². The molecule has 0 saturated carbocycles. The molecule has 0 aliphatic heterocycles. The summed E-state index contributed by atoms with van der Waals surface area (Å²) in [6.45, 7) is 0. The van der Waals surface area contributed by atoms with Crippen LogP contribution in [-0.2, 0) is 0 Å². The maximum atomic E-state index is 12.4. The Hall–Kier alpha value is -2.95. The molecule has 5 nitrogen and oxygen atoms in total. The maximum absolute atomic E-state index is 12.4. The molecule has 0 fully saturated rings. The number of rotatable bonds is 1. The minimum atomic E-state index is -0.591. The third kappa shape index (κ3) is 1.40. The van der Waals surface area contributed by atoms with Gasteiger partial charge in [0.05, 0.1) is 16.7 Å². The molecule has 0 aromatic heterocycles. The van der Waals surface area contributed by atoms with E-state index in [1.807, 2.05) is 0 Å². The van der Waals surface area contributed by atoms with Gasteiger partial charge in [-0.25, -0.2) is 0 Å². The zero-order valence-electron chi connectivity index (χ0n) is 10.1. The fourth-order valence-corrected chi connectivity index (χ4v) is 2.37. The third-order valence-corrected chi connectivity index (χ3v) is 3.31. The Bertz CT molecular complexity index is 789. The summed E-state index contributed by atoms with van der Waals surface area (Å²) < 4.78 is 0. The second-order valence-electron chi connectivity index (χ2n) is 4.41. The van der Waals surface area contributed by atoms with Crippen LogP contribution in [0.2, 0.25) is 0 Å². The average molecular weight is 268 g/mol. The number of benzene rings is 2. The van der Waals surface area contributed by atoms with Gasteiger partial charge < -0.3 is 10.2 Å². The van der Waals surface area contributed by atoms with E-state index in [0.29, 0.717) is 6.29 Å². The van der Waals surface area contributed by atoms with Gasteiger partial charge in [0, 0.05) is 11.1 Å². The summed E-state index contributed by atoms with van der Waals surface area (Å²) in [6, 6.07) is 7.10. The monoisotopic (exact) mass is 268 g/mol. The first-order chi connectivity index (χ1) is 9.56. The van der Waals surface area contributed by atoms with Crippen LogP contribution in [-0.4, -0.2) is 28.1 Å². The lowest BCUT2D eigenvalue weighted by molar-refractivity contribution is 0.0973. The first kappa shape index (κ1) is 12.1. The van der Waals surface area contributed by atoms with Crippen molar-refractivity contribution in [2.75, 3.05) is 0 Å². The summed E-state index contributed by atoms with van der Waals surface area (Å²) in [5.41, 5.74) is -0.518. The number of carbonyl (C=O) groups excluding carboxylic acids is 3. The molecule has 2 N–H and O–H groups in total. The van der Waals surface area contributed by atoms with E-state index >= 15 is 0 Å². The normalized spacial score (nSPS) is 12.8. The number of aldehydes is 1. The Morgan fingerprint density at radius 1 is 0.900 bits per heavy atom. The molecular weight excluding hydrogens is 260 g/mol. The van der Waals surface area contributed by atoms with E-state index in [2.05, 4.69) is 0 Å². The van der Waals surface area contributed by atoms with E-state index in [-0.39, 0.29) is 27.8 Å². The Balaban J connectivity index is 2.42. The van der Waals surface area contributed by atoms with Gasteiger partial charge in [-0.15, -0.1) is 0 Å². The van der Waals surface area contributed by atoms with E-state index in [0.717, 1.165) is 6.07 Å². The van der Waals surface area contributed by atoms with Crippen molar-refractivity contribution in [1.29, 1.82) is 0 Å². The van der Waals surface area contributed by atoms with Crippen LogP contribution in [0.15, 0.2) is 30.3 Å². The van der Waals surface area contributed by atoms with Crippen LogP contribution in [0.25, 0.3) is 0 Å². The zero-order valence-corrected chi connectivity index (χ0v) is 10.1. The van der Waals surface area contributed by atoms with Crippen molar-refractivity contribution >= 4 is 17.9 Å². The lowest BCUT2D eigenvalue weighted by Gasteiger charge is -2.19. The molecule has 0 unspecified atom stereocenters. The van der Waals surface area contributed by atoms with Gasteiger partial charge in [-0.2, -0.15) is 0 Å². The number of fused-ring (bicyclic) bond motifs is 2. The van der Waals surface area contributed by atoms with Crippen molar-refractivity contribution in [3.05, 3.63) is 58.1 Å². The highest BCUT2D eigenvalue weighted by Gasteiger charge is 2.35. The van der Waals surface area contributed by atoms with E-state index < -0.39 is 23.1 Å². The van der Waals surface area contributed by atoms with Gasteiger partial charge >= 0.3 is 0 Å². The standard InChI is InChI=1S/C15H8O5/c16-6-7-5-10(17)11-12(13(7)18)15(20)9-4-2-1-3-8(9)14(11)19/h1-6,17-18H. The number of phenolic OH excluding ortho intramolecular Hbond substituents is 2. The molecule has 0 bridgehead atoms. The molecule has 2 aromatic carbocycles. The van der Waals surface area contributed by atoms with Crippen LogP contribution < -0.4 is 0 Å². The Labute approximate surface area is 113 Å². The van der Waals surface area contributed by atoms with Crippen LogP contribution in [0.3, 0.4) is 0 Å². The predicted octanol–water partition coefficient (Wildman–Crippen LogP) is 1.69. The molecule has 3 rings (SSSR count). The number of ketones is 2. The van der Waals surface area contributed by atoms with Gasteiger partial charge in [-0.05, 0) is 6.07 Å². The molecule has 20 heavy (non-hydrogen) atoms. The van der Waals surface area contributed by atoms with E-state index in [9.17, 15) is 24.6 Å². The van der Waals surface area contributed by atoms with E-state index in [1.54, 1.807) is 12.1 Å². The summed E-state index contributed by atoms with van der Waals surface area (Å²) in [4.78, 5) is 35.5. The molecule has 1 aliphatic rings.